The van der Waals surface area contributed by atoms with Crippen LogP contribution in [0.2, 0.25) is 5.02 Å². The molecular formula is C21H20ClNO6. The van der Waals surface area contributed by atoms with E-state index in [1.54, 1.807) is 42.5 Å². The molecule has 1 atom stereocenters. The van der Waals surface area contributed by atoms with Crippen LogP contribution in [-0.2, 0) is 32.0 Å². The van der Waals surface area contributed by atoms with Gasteiger partial charge in [-0.25, -0.2) is 4.79 Å². The lowest BCUT2D eigenvalue weighted by Gasteiger charge is -2.24. The molecule has 7 nitrogen and oxygen atoms in total. The van der Waals surface area contributed by atoms with Gasteiger partial charge < -0.3 is 19.5 Å². The molecule has 1 heterocycles. The Hall–Kier alpha value is -3.06. The highest BCUT2D eigenvalue weighted by Crippen LogP contribution is 2.30. The summed E-state index contributed by atoms with van der Waals surface area (Å²) in [6, 6.07) is 11.9. The number of nitrogens with one attached hydrogen (secondary N) is 1. The second-order valence-corrected chi connectivity index (χ2v) is 6.97. The van der Waals surface area contributed by atoms with Gasteiger partial charge in [-0.3, -0.25) is 9.59 Å². The molecule has 0 spiro atoms. The summed E-state index contributed by atoms with van der Waals surface area (Å²) in [5, 5.41) is 3.23. The molecule has 0 unspecified atom stereocenters. The standard InChI is InChI=1S/C21H20ClNO6/c1-27-20(25)14-4-2-13(3-5-14)10-23-19(24)12-29-21(26)16-8-15-9-17(22)6-7-18(15)28-11-16/h2-7,9,16H,8,10-12H2,1H3,(H,23,24)/t16-/m1/s1. The molecule has 3 rings (SSSR count). The van der Waals surface area contributed by atoms with Crippen LogP contribution in [0.1, 0.15) is 21.5 Å². The zero-order valence-electron chi connectivity index (χ0n) is 15.8. The first-order chi connectivity index (χ1) is 14.0. The Labute approximate surface area is 172 Å². The van der Waals surface area contributed by atoms with Gasteiger partial charge in [-0.1, -0.05) is 23.7 Å². The zero-order valence-corrected chi connectivity index (χ0v) is 16.5. The van der Waals surface area contributed by atoms with Gasteiger partial charge in [-0.15, -0.1) is 0 Å². The molecule has 0 bridgehead atoms. The molecule has 0 fully saturated rings. The van der Waals surface area contributed by atoms with E-state index < -0.39 is 23.8 Å². The summed E-state index contributed by atoms with van der Waals surface area (Å²) < 4.78 is 15.3. The van der Waals surface area contributed by atoms with E-state index >= 15 is 0 Å². The van der Waals surface area contributed by atoms with Crippen LogP contribution in [0.3, 0.4) is 0 Å². The summed E-state index contributed by atoms with van der Waals surface area (Å²) in [6.45, 7) is 0.0653. The Kier molecular flexibility index (Phi) is 6.72. The van der Waals surface area contributed by atoms with Crippen molar-refractivity contribution in [3.05, 3.63) is 64.2 Å². The molecule has 29 heavy (non-hydrogen) atoms. The fraction of sp³-hybridized carbons (Fsp3) is 0.286. The number of methoxy groups -OCH3 is 1. The number of carbonyl (C=O) groups is 3. The maximum atomic E-state index is 12.2. The molecule has 2 aromatic carbocycles. The van der Waals surface area contributed by atoms with Crippen LogP contribution in [0.4, 0.5) is 0 Å². The summed E-state index contributed by atoms with van der Waals surface area (Å²) in [7, 11) is 1.31. The van der Waals surface area contributed by atoms with Crippen molar-refractivity contribution in [3.63, 3.8) is 0 Å². The van der Waals surface area contributed by atoms with E-state index in [2.05, 4.69) is 10.1 Å². The number of amides is 1. The highest BCUT2D eigenvalue weighted by molar-refractivity contribution is 6.30. The minimum atomic E-state index is -0.492. The number of benzene rings is 2. The van der Waals surface area contributed by atoms with Crippen LogP contribution < -0.4 is 10.1 Å². The molecule has 1 aliphatic rings. The van der Waals surface area contributed by atoms with Crippen molar-refractivity contribution in [2.24, 2.45) is 5.92 Å². The monoisotopic (exact) mass is 417 g/mol. The number of hydrogen-bond acceptors (Lipinski definition) is 6. The van der Waals surface area contributed by atoms with Gasteiger partial charge >= 0.3 is 11.9 Å². The van der Waals surface area contributed by atoms with Crippen LogP contribution in [0.5, 0.6) is 5.75 Å². The van der Waals surface area contributed by atoms with Crippen molar-refractivity contribution in [2.45, 2.75) is 13.0 Å². The SMILES string of the molecule is COC(=O)c1ccc(CNC(=O)COC(=O)[C@H]2COc3ccc(Cl)cc3C2)cc1. The van der Waals surface area contributed by atoms with E-state index in [-0.39, 0.29) is 19.8 Å². The quantitative estimate of drug-likeness (QED) is 0.726. The van der Waals surface area contributed by atoms with Crippen molar-refractivity contribution in [1.29, 1.82) is 0 Å². The van der Waals surface area contributed by atoms with E-state index in [9.17, 15) is 14.4 Å². The Morgan fingerprint density at radius 3 is 2.66 bits per heavy atom. The second kappa shape index (κ2) is 9.43. The Morgan fingerprint density at radius 2 is 1.93 bits per heavy atom. The van der Waals surface area contributed by atoms with Crippen LogP contribution >= 0.6 is 11.6 Å². The van der Waals surface area contributed by atoms with Crippen molar-refractivity contribution in [3.8, 4) is 5.75 Å². The van der Waals surface area contributed by atoms with Crippen LogP contribution in [-0.4, -0.2) is 38.2 Å². The Balaban J connectivity index is 1.43. The lowest BCUT2D eigenvalue weighted by molar-refractivity contribution is -0.153. The minimum absolute atomic E-state index is 0.196. The van der Waals surface area contributed by atoms with Gasteiger partial charge in [0.05, 0.1) is 18.6 Å². The van der Waals surface area contributed by atoms with Gasteiger partial charge in [0.25, 0.3) is 5.91 Å². The lowest BCUT2D eigenvalue weighted by atomic mass is 9.97. The predicted octanol–water partition coefficient (Wildman–Crippen LogP) is 2.54. The summed E-state index contributed by atoms with van der Waals surface area (Å²) in [5.74, 6) is -1.12. The summed E-state index contributed by atoms with van der Waals surface area (Å²) in [5.41, 5.74) is 2.06. The van der Waals surface area contributed by atoms with Gasteiger partial charge in [0.15, 0.2) is 6.61 Å². The third-order valence-electron chi connectivity index (χ3n) is 4.47. The number of carbonyl (C=O) groups excluding carboxylic acids is 3. The number of fused-ring (bicyclic) bond motifs is 1. The fourth-order valence-electron chi connectivity index (χ4n) is 2.90. The highest BCUT2D eigenvalue weighted by atomic mass is 35.5. The van der Waals surface area contributed by atoms with Crippen LogP contribution in [0.15, 0.2) is 42.5 Å². The molecule has 0 saturated carbocycles. The van der Waals surface area contributed by atoms with E-state index in [0.717, 1.165) is 11.1 Å². The first-order valence-corrected chi connectivity index (χ1v) is 9.36. The number of rotatable bonds is 6. The van der Waals surface area contributed by atoms with Gasteiger partial charge in [0.2, 0.25) is 0 Å². The summed E-state index contributed by atoms with van der Waals surface area (Å²) >= 11 is 5.98. The molecular weight excluding hydrogens is 398 g/mol. The highest BCUT2D eigenvalue weighted by Gasteiger charge is 2.27. The van der Waals surface area contributed by atoms with Crippen molar-refractivity contribution >= 4 is 29.4 Å². The molecule has 8 heteroatoms. The topological polar surface area (TPSA) is 90.9 Å². The normalized spacial score (nSPS) is 14.9. The van der Waals surface area contributed by atoms with Crippen molar-refractivity contribution in [1.82, 2.24) is 5.32 Å². The van der Waals surface area contributed by atoms with Gasteiger partial charge in [0, 0.05) is 11.6 Å². The van der Waals surface area contributed by atoms with Crippen molar-refractivity contribution < 1.29 is 28.6 Å². The number of halogens is 1. The molecule has 2 aromatic rings. The minimum Gasteiger partial charge on any atom is -0.492 e. The average molecular weight is 418 g/mol. The summed E-state index contributed by atoms with van der Waals surface area (Å²) in [6.07, 6.45) is 0.447. The van der Waals surface area contributed by atoms with Crippen molar-refractivity contribution in [2.75, 3.05) is 20.3 Å². The first-order valence-electron chi connectivity index (χ1n) is 8.98. The number of hydrogen-bond donors (Lipinski definition) is 1. The smallest absolute Gasteiger partial charge is 0.337 e. The Bertz CT molecular complexity index is 912. The van der Waals surface area contributed by atoms with Crippen LogP contribution in [0.25, 0.3) is 0 Å². The summed E-state index contributed by atoms with van der Waals surface area (Å²) in [4.78, 5) is 35.6. The lowest BCUT2D eigenvalue weighted by Crippen LogP contribution is -2.33. The zero-order chi connectivity index (χ0) is 20.8. The molecule has 0 radical (unpaired) electrons. The second-order valence-electron chi connectivity index (χ2n) is 6.54. The molecule has 152 valence electrons. The first kappa shape index (κ1) is 20.7. The molecule has 0 saturated heterocycles. The van der Waals surface area contributed by atoms with Crippen LogP contribution in [0, 0.1) is 5.92 Å². The molecule has 0 aromatic heterocycles. The molecule has 1 N–H and O–H groups in total. The van der Waals surface area contributed by atoms with Gasteiger partial charge in [-0.05, 0) is 47.9 Å². The molecule has 1 amide bonds. The third kappa shape index (κ3) is 5.48. The van der Waals surface area contributed by atoms with Gasteiger partial charge in [-0.2, -0.15) is 0 Å². The Morgan fingerprint density at radius 1 is 1.17 bits per heavy atom. The number of esters is 2. The van der Waals surface area contributed by atoms with E-state index in [4.69, 9.17) is 21.1 Å². The van der Waals surface area contributed by atoms with E-state index in [1.165, 1.54) is 7.11 Å². The number of ether oxygens (including phenoxy) is 3. The third-order valence-corrected chi connectivity index (χ3v) is 4.71. The maximum absolute atomic E-state index is 12.2. The molecule has 1 aliphatic heterocycles. The molecule has 0 aliphatic carbocycles. The largest absolute Gasteiger partial charge is 0.492 e. The predicted molar refractivity (Wildman–Crippen MR) is 105 cm³/mol. The fourth-order valence-corrected chi connectivity index (χ4v) is 3.09. The maximum Gasteiger partial charge on any atom is 0.337 e. The van der Waals surface area contributed by atoms with Gasteiger partial charge in [0.1, 0.15) is 12.4 Å². The van der Waals surface area contributed by atoms with E-state index in [0.29, 0.717) is 22.8 Å². The average Bonchev–Trinajstić information content (AvgIpc) is 2.75. The van der Waals surface area contributed by atoms with E-state index in [1.807, 2.05) is 0 Å².